The summed E-state index contributed by atoms with van der Waals surface area (Å²) in [5, 5.41) is 2.97. The van der Waals surface area contributed by atoms with E-state index in [1.165, 1.54) is 16.8 Å². The second-order valence-corrected chi connectivity index (χ2v) is 7.48. The molecule has 0 atom stereocenters. The number of nitrogens with zero attached hydrogens (tertiary/aromatic N) is 4. The molecule has 4 aromatic rings. The third-order valence-electron chi connectivity index (χ3n) is 5.43. The smallest absolute Gasteiger partial charge is 0.332 e. The molecule has 0 fully saturated rings. The molecule has 0 N–H and O–H groups in total. The van der Waals surface area contributed by atoms with Gasteiger partial charge in [0.05, 0.1) is 33.0 Å². The molecule has 0 aliphatic rings. The zero-order chi connectivity index (χ0) is 24.1. The molecule has 4 rings (SSSR count). The van der Waals surface area contributed by atoms with Crippen molar-refractivity contribution in [3.8, 4) is 22.8 Å². The van der Waals surface area contributed by atoms with Crippen molar-refractivity contribution in [2.75, 3.05) is 14.2 Å². The van der Waals surface area contributed by atoms with Gasteiger partial charge in [-0.2, -0.15) is 0 Å². The average molecular weight is 458 g/mol. The highest BCUT2D eigenvalue weighted by atomic mass is 16.5. The van der Waals surface area contributed by atoms with Crippen LogP contribution >= 0.6 is 0 Å². The standard InChI is InChI=1S/C25H22N4O5/c1-33-19-9-5-17(6-10-19)15-28-22(21-4-3-13-26-24(21)27-32)14-23(30)29(25(28)31)16-18-7-11-20(34-2)12-8-18/h3-14H,15-16H2,1-2H3. The van der Waals surface area contributed by atoms with Crippen molar-refractivity contribution in [3.05, 3.63) is 110 Å². The van der Waals surface area contributed by atoms with Crippen molar-refractivity contribution >= 4 is 5.82 Å². The van der Waals surface area contributed by atoms with E-state index < -0.39 is 11.2 Å². The summed E-state index contributed by atoms with van der Waals surface area (Å²) < 4.78 is 13.0. The number of benzene rings is 2. The van der Waals surface area contributed by atoms with Gasteiger partial charge in [0.1, 0.15) is 11.5 Å². The van der Waals surface area contributed by atoms with E-state index in [0.29, 0.717) is 17.1 Å². The quantitative estimate of drug-likeness (QED) is 0.374. The molecule has 172 valence electrons. The van der Waals surface area contributed by atoms with Gasteiger partial charge in [0.2, 0.25) is 5.82 Å². The van der Waals surface area contributed by atoms with Gasteiger partial charge in [0.15, 0.2) is 0 Å². The number of ether oxygens (including phenoxy) is 2. The molecule has 0 radical (unpaired) electrons. The summed E-state index contributed by atoms with van der Waals surface area (Å²) in [6.07, 6.45) is 1.43. The maximum atomic E-state index is 13.6. The van der Waals surface area contributed by atoms with Crippen LogP contribution in [0.1, 0.15) is 11.1 Å². The Hall–Kier alpha value is -4.53. The van der Waals surface area contributed by atoms with E-state index in [1.807, 2.05) is 12.1 Å². The number of hydrogen-bond acceptors (Lipinski definition) is 7. The lowest BCUT2D eigenvalue weighted by Gasteiger charge is -2.16. The van der Waals surface area contributed by atoms with Gasteiger partial charge in [-0.25, -0.2) is 9.78 Å². The zero-order valence-electron chi connectivity index (χ0n) is 18.7. The number of pyridine rings is 1. The van der Waals surface area contributed by atoms with Crippen molar-refractivity contribution < 1.29 is 9.47 Å². The van der Waals surface area contributed by atoms with Crippen molar-refractivity contribution in [1.82, 2.24) is 14.1 Å². The Morgan fingerprint density at radius 3 is 1.91 bits per heavy atom. The summed E-state index contributed by atoms with van der Waals surface area (Å²) in [5.74, 6) is 1.26. The van der Waals surface area contributed by atoms with Gasteiger partial charge >= 0.3 is 5.69 Å². The molecule has 0 spiro atoms. The van der Waals surface area contributed by atoms with Gasteiger partial charge in [-0.1, -0.05) is 24.3 Å². The van der Waals surface area contributed by atoms with Crippen molar-refractivity contribution in [3.63, 3.8) is 0 Å². The van der Waals surface area contributed by atoms with Gasteiger partial charge in [-0.3, -0.25) is 13.9 Å². The topological polar surface area (TPSA) is 105 Å². The summed E-state index contributed by atoms with van der Waals surface area (Å²) in [6, 6.07) is 18.9. The molecule has 2 aromatic carbocycles. The second kappa shape index (κ2) is 9.95. The molecule has 0 aliphatic heterocycles. The van der Waals surface area contributed by atoms with E-state index in [4.69, 9.17) is 9.47 Å². The van der Waals surface area contributed by atoms with E-state index in [9.17, 15) is 14.5 Å². The summed E-state index contributed by atoms with van der Waals surface area (Å²) in [4.78, 5) is 42.0. The molecular formula is C25H22N4O5. The molecule has 2 aromatic heterocycles. The summed E-state index contributed by atoms with van der Waals surface area (Å²) in [5.41, 5.74) is 1.12. The van der Waals surface area contributed by atoms with Crippen LogP contribution in [-0.2, 0) is 13.1 Å². The van der Waals surface area contributed by atoms with E-state index >= 15 is 0 Å². The number of nitroso groups, excluding NO2 is 1. The van der Waals surface area contributed by atoms with Gasteiger partial charge in [-0.05, 0) is 52.7 Å². The first-order valence-corrected chi connectivity index (χ1v) is 10.4. The second-order valence-electron chi connectivity index (χ2n) is 7.48. The van der Waals surface area contributed by atoms with Crippen LogP contribution in [0, 0.1) is 4.91 Å². The van der Waals surface area contributed by atoms with Crippen LogP contribution in [0.3, 0.4) is 0 Å². The zero-order valence-corrected chi connectivity index (χ0v) is 18.7. The fourth-order valence-corrected chi connectivity index (χ4v) is 3.63. The highest BCUT2D eigenvalue weighted by Gasteiger charge is 2.17. The molecule has 34 heavy (non-hydrogen) atoms. The van der Waals surface area contributed by atoms with Crippen molar-refractivity contribution in [1.29, 1.82) is 0 Å². The lowest BCUT2D eigenvalue weighted by Crippen LogP contribution is -2.40. The Balaban J connectivity index is 1.86. The summed E-state index contributed by atoms with van der Waals surface area (Å²) in [7, 11) is 3.14. The number of aromatic nitrogens is 3. The fraction of sp³-hybridized carbons (Fsp3) is 0.160. The maximum absolute atomic E-state index is 13.6. The Morgan fingerprint density at radius 1 is 0.824 bits per heavy atom. The predicted octanol–water partition coefficient (Wildman–Crippen LogP) is 3.58. The summed E-state index contributed by atoms with van der Waals surface area (Å²) >= 11 is 0. The van der Waals surface area contributed by atoms with Crippen LogP contribution in [0.4, 0.5) is 5.82 Å². The Bertz CT molecular complexity index is 1420. The highest BCUT2D eigenvalue weighted by molar-refractivity contribution is 5.70. The molecular weight excluding hydrogens is 436 g/mol. The average Bonchev–Trinajstić information content (AvgIpc) is 2.88. The summed E-state index contributed by atoms with van der Waals surface area (Å²) in [6.45, 7) is 0.241. The van der Waals surface area contributed by atoms with Gasteiger partial charge in [-0.15, -0.1) is 4.91 Å². The molecule has 2 heterocycles. The highest BCUT2D eigenvalue weighted by Crippen LogP contribution is 2.27. The molecule has 0 saturated heterocycles. The van der Waals surface area contributed by atoms with Gasteiger partial charge in [0, 0.05) is 17.8 Å². The van der Waals surface area contributed by atoms with Crippen LogP contribution in [0.2, 0.25) is 0 Å². The SMILES string of the molecule is COc1ccc(Cn2c(-c3cccnc3N=O)cc(=O)n(Cc3ccc(OC)cc3)c2=O)cc1. The van der Waals surface area contributed by atoms with E-state index in [0.717, 1.165) is 15.7 Å². The molecule has 0 bridgehead atoms. The predicted molar refractivity (Wildman–Crippen MR) is 128 cm³/mol. The molecule has 0 saturated carbocycles. The van der Waals surface area contributed by atoms with Crippen LogP contribution in [0.5, 0.6) is 11.5 Å². The first kappa shape index (κ1) is 22.7. The molecule has 9 nitrogen and oxygen atoms in total. The fourth-order valence-electron chi connectivity index (χ4n) is 3.63. The Labute approximate surface area is 194 Å². The first-order chi connectivity index (χ1) is 16.5. The van der Waals surface area contributed by atoms with Gasteiger partial charge in [0.25, 0.3) is 5.56 Å². The monoisotopic (exact) mass is 458 g/mol. The van der Waals surface area contributed by atoms with E-state index in [-0.39, 0.29) is 24.6 Å². The number of hydrogen-bond donors (Lipinski definition) is 0. The largest absolute Gasteiger partial charge is 0.497 e. The lowest BCUT2D eigenvalue weighted by molar-refractivity contribution is 0.414. The van der Waals surface area contributed by atoms with Crippen LogP contribution in [-0.4, -0.2) is 28.3 Å². The molecule has 0 amide bonds. The molecule has 0 unspecified atom stereocenters. The first-order valence-electron chi connectivity index (χ1n) is 10.4. The maximum Gasteiger partial charge on any atom is 0.332 e. The third-order valence-corrected chi connectivity index (χ3v) is 5.43. The number of rotatable bonds is 8. The minimum Gasteiger partial charge on any atom is -0.497 e. The lowest BCUT2D eigenvalue weighted by atomic mass is 10.1. The van der Waals surface area contributed by atoms with Crippen molar-refractivity contribution in [2.24, 2.45) is 5.18 Å². The van der Waals surface area contributed by atoms with Crippen LogP contribution in [0.15, 0.2) is 87.7 Å². The van der Waals surface area contributed by atoms with E-state index in [1.54, 1.807) is 62.8 Å². The minimum absolute atomic E-state index is 0.0797. The Kier molecular flexibility index (Phi) is 6.63. The molecule has 9 heteroatoms. The van der Waals surface area contributed by atoms with Crippen LogP contribution < -0.4 is 20.7 Å². The third kappa shape index (κ3) is 4.63. The van der Waals surface area contributed by atoms with Crippen LogP contribution in [0.25, 0.3) is 11.3 Å². The normalized spacial score (nSPS) is 10.6. The Morgan fingerprint density at radius 2 is 1.38 bits per heavy atom. The minimum atomic E-state index is -0.519. The van der Waals surface area contributed by atoms with Crippen molar-refractivity contribution in [2.45, 2.75) is 13.1 Å². The van der Waals surface area contributed by atoms with E-state index in [2.05, 4.69) is 10.2 Å². The van der Waals surface area contributed by atoms with Gasteiger partial charge < -0.3 is 9.47 Å². The molecule has 0 aliphatic carbocycles. The number of methoxy groups -OCH3 is 2.